The molecule has 20 heavy (non-hydrogen) atoms. The second-order valence-electron chi connectivity index (χ2n) is 5.04. The van der Waals surface area contributed by atoms with Crippen LogP contribution in [0.25, 0.3) is 0 Å². The number of aryl methyl sites for hydroxylation is 1. The lowest BCUT2D eigenvalue weighted by Crippen LogP contribution is -2.45. The van der Waals surface area contributed by atoms with E-state index in [1.54, 1.807) is 0 Å². The largest absolute Gasteiger partial charge is 0.480 e. The Morgan fingerprint density at radius 3 is 2.65 bits per heavy atom. The molecule has 0 aliphatic carbocycles. The summed E-state index contributed by atoms with van der Waals surface area (Å²) in [5.41, 5.74) is 0. The molecule has 6 heteroatoms. The molecule has 0 radical (unpaired) electrons. The number of rotatable bonds is 5. The van der Waals surface area contributed by atoms with Crippen molar-refractivity contribution < 1.29 is 14.7 Å². The molecule has 1 amide bonds. The van der Waals surface area contributed by atoms with Gasteiger partial charge in [-0.1, -0.05) is 6.92 Å². The van der Waals surface area contributed by atoms with E-state index in [0.29, 0.717) is 0 Å². The predicted molar refractivity (Wildman–Crippen MR) is 78.3 cm³/mol. The average Bonchev–Trinajstić information content (AvgIpc) is 2.89. The van der Waals surface area contributed by atoms with Crippen molar-refractivity contribution in [3.05, 3.63) is 21.9 Å². The number of aliphatic carboxylic acids is 1. The third-order valence-electron chi connectivity index (χ3n) is 3.52. The van der Waals surface area contributed by atoms with Gasteiger partial charge in [0.1, 0.15) is 0 Å². The molecule has 1 aromatic heterocycles. The summed E-state index contributed by atoms with van der Waals surface area (Å²) in [6, 6.07) is 4.02. The topological polar surface area (TPSA) is 69.6 Å². The third kappa shape index (κ3) is 4.05. The van der Waals surface area contributed by atoms with E-state index in [-0.39, 0.29) is 18.5 Å². The lowest BCUT2D eigenvalue weighted by molar-refractivity contribution is -0.138. The van der Waals surface area contributed by atoms with Crippen LogP contribution in [0.5, 0.6) is 0 Å². The molecule has 1 aliphatic heterocycles. The van der Waals surface area contributed by atoms with Gasteiger partial charge >= 0.3 is 5.97 Å². The lowest BCUT2D eigenvalue weighted by atomic mass is 10.1. The maximum atomic E-state index is 12.1. The van der Waals surface area contributed by atoms with E-state index in [4.69, 9.17) is 5.11 Å². The minimum atomic E-state index is -0.793. The Balaban J connectivity index is 1.80. The number of hydrogen-bond donors (Lipinski definition) is 2. The molecule has 0 aromatic carbocycles. The van der Waals surface area contributed by atoms with Crippen molar-refractivity contribution in [2.75, 3.05) is 19.6 Å². The highest BCUT2D eigenvalue weighted by Crippen LogP contribution is 2.18. The van der Waals surface area contributed by atoms with Gasteiger partial charge in [-0.3, -0.25) is 14.5 Å². The predicted octanol–water partition coefficient (Wildman–Crippen LogP) is 1.59. The van der Waals surface area contributed by atoms with E-state index in [2.05, 4.69) is 12.2 Å². The fourth-order valence-corrected chi connectivity index (χ4v) is 3.22. The highest BCUT2D eigenvalue weighted by molar-refractivity contribution is 7.14. The number of carbonyl (C=O) groups is 2. The van der Waals surface area contributed by atoms with Gasteiger partial charge in [0.05, 0.1) is 11.4 Å². The standard InChI is InChI=1S/C14H20N2O3S/c1-2-11-3-4-12(20-11)14(19)15-10-5-7-16(8-6-10)9-13(17)18/h3-4,10H,2,5-9H2,1H3,(H,15,19)(H,17,18). The number of carbonyl (C=O) groups excluding carboxylic acids is 1. The Labute approximate surface area is 122 Å². The molecule has 1 aromatic rings. The Bertz CT molecular complexity index is 479. The molecule has 0 unspecified atom stereocenters. The van der Waals surface area contributed by atoms with Crippen LogP contribution in [-0.4, -0.2) is 47.6 Å². The van der Waals surface area contributed by atoms with Crippen LogP contribution in [0.1, 0.15) is 34.3 Å². The zero-order valence-corrected chi connectivity index (χ0v) is 12.4. The quantitative estimate of drug-likeness (QED) is 0.866. The molecule has 2 rings (SSSR count). The number of amides is 1. The first kappa shape index (κ1) is 15.0. The Kier molecular flexibility index (Phi) is 5.14. The summed E-state index contributed by atoms with van der Waals surface area (Å²) in [6.45, 7) is 3.61. The normalized spacial score (nSPS) is 17.1. The van der Waals surface area contributed by atoms with Crippen molar-refractivity contribution in [1.82, 2.24) is 10.2 Å². The molecule has 0 spiro atoms. The number of likely N-dealkylation sites (tertiary alicyclic amines) is 1. The fourth-order valence-electron chi connectivity index (χ4n) is 2.37. The summed E-state index contributed by atoms with van der Waals surface area (Å²) in [4.78, 5) is 26.6. The van der Waals surface area contributed by atoms with Crippen LogP contribution in [0.2, 0.25) is 0 Å². The summed E-state index contributed by atoms with van der Waals surface area (Å²) in [5, 5.41) is 11.8. The Morgan fingerprint density at radius 1 is 1.40 bits per heavy atom. The van der Waals surface area contributed by atoms with Gasteiger partial charge in [-0.15, -0.1) is 11.3 Å². The summed E-state index contributed by atoms with van der Waals surface area (Å²) in [6.07, 6.45) is 2.57. The first-order valence-corrected chi connectivity index (χ1v) is 7.74. The highest BCUT2D eigenvalue weighted by atomic mass is 32.1. The minimum Gasteiger partial charge on any atom is -0.480 e. The second-order valence-corrected chi connectivity index (χ2v) is 6.21. The fraction of sp³-hybridized carbons (Fsp3) is 0.571. The van der Waals surface area contributed by atoms with Gasteiger partial charge in [0.2, 0.25) is 0 Å². The molecule has 2 heterocycles. The summed E-state index contributed by atoms with van der Waals surface area (Å²) < 4.78 is 0. The SMILES string of the molecule is CCc1ccc(C(=O)NC2CCN(CC(=O)O)CC2)s1. The molecule has 110 valence electrons. The van der Waals surface area contributed by atoms with Crippen molar-refractivity contribution >= 4 is 23.2 Å². The molecular weight excluding hydrogens is 276 g/mol. The molecule has 0 saturated carbocycles. The van der Waals surface area contributed by atoms with E-state index in [1.807, 2.05) is 17.0 Å². The van der Waals surface area contributed by atoms with Gasteiger partial charge < -0.3 is 10.4 Å². The van der Waals surface area contributed by atoms with Gasteiger partial charge in [0, 0.05) is 24.0 Å². The van der Waals surface area contributed by atoms with E-state index >= 15 is 0 Å². The van der Waals surface area contributed by atoms with Crippen molar-refractivity contribution in [3.8, 4) is 0 Å². The Hall–Kier alpha value is -1.40. The van der Waals surface area contributed by atoms with Crippen molar-refractivity contribution in [3.63, 3.8) is 0 Å². The molecular formula is C14H20N2O3S. The van der Waals surface area contributed by atoms with Crippen molar-refractivity contribution in [2.24, 2.45) is 0 Å². The van der Waals surface area contributed by atoms with Crippen LogP contribution in [-0.2, 0) is 11.2 Å². The zero-order chi connectivity index (χ0) is 14.5. The first-order valence-electron chi connectivity index (χ1n) is 6.92. The molecule has 1 saturated heterocycles. The maximum absolute atomic E-state index is 12.1. The smallest absolute Gasteiger partial charge is 0.317 e. The van der Waals surface area contributed by atoms with E-state index in [9.17, 15) is 9.59 Å². The van der Waals surface area contributed by atoms with Crippen LogP contribution < -0.4 is 5.32 Å². The first-order chi connectivity index (χ1) is 9.58. The van der Waals surface area contributed by atoms with Crippen LogP contribution in [0.15, 0.2) is 12.1 Å². The Morgan fingerprint density at radius 2 is 2.10 bits per heavy atom. The van der Waals surface area contributed by atoms with E-state index < -0.39 is 5.97 Å². The highest BCUT2D eigenvalue weighted by Gasteiger charge is 2.22. The van der Waals surface area contributed by atoms with Gasteiger partial charge in [0.25, 0.3) is 5.91 Å². The van der Waals surface area contributed by atoms with Crippen LogP contribution in [0.3, 0.4) is 0 Å². The molecule has 1 fully saturated rings. The van der Waals surface area contributed by atoms with Crippen molar-refractivity contribution in [2.45, 2.75) is 32.2 Å². The van der Waals surface area contributed by atoms with Gasteiger partial charge in [-0.25, -0.2) is 0 Å². The minimum absolute atomic E-state index is 0.00798. The number of hydrogen-bond acceptors (Lipinski definition) is 4. The molecule has 2 N–H and O–H groups in total. The zero-order valence-electron chi connectivity index (χ0n) is 11.6. The molecule has 0 bridgehead atoms. The molecule has 5 nitrogen and oxygen atoms in total. The molecule has 1 aliphatic rings. The summed E-state index contributed by atoms with van der Waals surface area (Å²) in [7, 11) is 0. The summed E-state index contributed by atoms with van der Waals surface area (Å²) in [5.74, 6) is -0.801. The average molecular weight is 296 g/mol. The van der Waals surface area contributed by atoms with Crippen molar-refractivity contribution in [1.29, 1.82) is 0 Å². The van der Waals surface area contributed by atoms with Gasteiger partial charge in [-0.05, 0) is 31.4 Å². The number of carboxylic acid groups (broad SMARTS) is 1. The maximum Gasteiger partial charge on any atom is 0.317 e. The van der Waals surface area contributed by atoms with E-state index in [1.165, 1.54) is 16.2 Å². The van der Waals surface area contributed by atoms with Gasteiger partial charge in [-0.2, -0.15) is 0 Å². The van der Waals surface area contributed by atoms with Crippen LogP contribution >= 0.6 is 11.3 Å². The van der Waals surface area contributed by atoms with Crippen LogP contribution in [0, 0.1) is 0 Å². The number of carboxylic acids is 1. The van der Waals surface area contributed by atoms with Gasteiger partial charge in [0.15, 0.2) is 0 Å². The van der Waals surface area contributed by atoms with Crippen LogP contribution in [0.4, 0.5) is 0 Å². The monoisotopic (exact) mass is 296 g/mol. The number of nitrogens with one attached hydrogen (secondary N) is 1. The number of thiophene rings is 1. The number of piperidine rings is 1. The van der Waals surface area contributed by atoms with E-state index in [0.717, 1.165) is 37.2 Å². The third-order valence-corrected chi connectivity index (χ3v) is 4.74. The number of nitrogens with zero attached hydrogens (tertiary/aromatic N) is 1. The molecule has 0 atom stereocenters. The second kappa shape index (κ2) is 6.85. The lowest BCUT2D eigenvalue weighted by Gasteiger charge is -2.31. The summed E-state index contributed by atoms with van der Waals surface area (Å²) >= 11 is 1.54.